The smallest absolute Gasteiger partial charge is 0.197 e. The summed E-state index contributed by atoms with van der Waals surface area (Å²) >= 11 is 0. The van der Waals surface area contributed by atoms with Gasteiger partial charge in [-0.05, 0) is 42.8 Å². The number of hydrogen-bond acceptors (Lipinski definition) is 3. The Morgan fingerprint density at radius 3 is 2.50 bits per heavy atom. The van der Waals surface area contributed by atoms with Crippen molar-refractivity contribution in [1.82, 2.24) is 0 Å². The lowest BCUT2D eigenvalue weighted by Crippen LogP contribution is -2.05. The Morgan fingerprint density at radius 2 is 1.83 bits per heavy atom. The van der Waals surface area contributed by atoms with E-state index >= 15 is 0 Å². The molecule has 1 N–H and O–H groups in total. The summed E-state index contributed by atoms with van der Waals surface area (Å²) in [5.41, 5.74) is 1.83. The van der Waals surface area contributed by atoms with E-state index in [2.05, 4.69) is 0 Å². The third kappa shape index (κ3) is 2.20. The molecule has 0 aliphatic rings. The van der Waals surface area contributed by atoms with Crippen LogP contribution in [0.1, 0.15) is 21.5 Å². The number of aryl methyl sites for hydroxylation is 1. The maximum atomic E-state index is 12.4. The minimum atomic E-state index is -0.107. The van der Waals surface area contributed by atoms with E-state index in [1.807, 2.05) is 6.07 Å². The van der Waals surface area contributed by atoms with Crippen LogP contribution in [0, 0.1) is 6.92 Å². The van der Waals surface area contributed by atoms with Crippen molar-refractivity contribution in [3.8, 4) is 11.5 Å². The topological polar surface area (TPSA) is 46.5 Å². The van der Waals surface area contributed by atoms with Crippen LogP contribution in [0.25, 0.3) is 0 Å². The zero-order valence-corrected chi connectivity index (χ0v) is 10.3. The van der Waals surface area contributed by atoms with Gasteiger partial charge in [0.05, 0.1) is 12.7 Å². The van der Waals surface area contributed by atoms with Crippen LogP contribution >= 0.6 is 0 Å². The van der Waals surface area contributed by atoms with Crippen LogP contribution in [0.2, 0.25) is 0 Å². The summed E-state index contributed by atoms with van der Waals surface area (Å²) in [5.74, 6) is 0.601. The lowest BCUT2D eigenvalue weighted by Gasteiger charge is -2.09. The summed E-state index contributed by atoms with van der Waals surface area (Å²) in [6, 6.07) is 11.8. The number of phenols is 1. The number of carbonyl (C=O) groups is 1. The fraction of sp³-hybridized carbons (Fsp3) is 0.133. The second kappa shape index (κ2) is 4.92. The summed E-state index contributed by atoms with van der Waals surface area (Å²) in [5, 5.41) is 9.35. The molecule has 0 radical (unpaired) electrons. The van der Waals surface area contributed by atoms with Gasteiger partial charge in [-0.1, -0.05) is 12.1 Å². The van der Waals surface area contributed by atoms with Crippen molar-refractivity contribution >= 4 is 5.78 Å². The number of aromatic hydroxyl groups is 1. The average molecular weight is 242 g/mol. The highest BCUT2D eigenvalue weighted by Gasteiger charge is 2.15. The van der Waals surface area contributed by atoms with Gasteiger partial charge in [0.1, 0.15) is 11.5 Å². The molecular weight excluding hydrogens is 228 g/mol. The van der Waals surface area contributed by atoms with Gasteiger partial charge < -0.3 is 9.84 Å². The van der Waals surface area contributed by atoms with Gasteiger partial charge in [0, 0.05) is 5.56 Å². The lowest BCUT2D eigenvalue weighted by molar-refractivity contribution is 0.103. The van der Waals surface area contributed by atoms with Gasteiger partial charge in [0.2, 0.25) is 0 Å². The Hall–Kier alpha value is -2.29. The summed E-state index contributed by atoms with van der Waals surface area (Å²) < 4.78 is 5.18. The molecule has 3 heteroatoms. The van der Waals surface area contributed by atoms with Crippen molar-refractivity contribution in [2.45, 2.75) is 6.92 Å². The van der Waals surface area contributed by atoms with Gasteiger partial charge in [0.25, 0.3) is 0 Å². The van der Waals surface area contributed by atoms with E-state index in [0.29, 0.717) is 16.9 Å². The number of rotatable bonds is 3. The molecule has 0 saturated carbocycles. The minimum absolute atomic E-state index is 0.107. The molecule has 0 saturated heterocycles. The van der Waals surface area contributed by atoms with Crippen molar-refractivity contribution in [2.75, 3.05) is 7.11 Å². The normalized spacial score (nSPS) is 10.1. The van der Waals surface area contributed by atoms with Crippen LogP contribution in [-0.2, 0) is 0 Å². The molecule has 92 valence electrons. The first-order valence-corrected chi connectivity index (χ1v) is 5.61. The van der Waals surface area contributed by atoms with Gasteiger partial charge in [-0.3, -0.25) is 4.79 Å². The minimum Gasteiger partial charge on any atom is -0.508 e. The molecule has 0 atom stereocenters. The molecule has 0 fully saturated rings. The zero-order valence-electron chi connectivity index (χ0n) is 10.3. The second-order valence-electron chi connectivity index (χ2n) is 4.03. The van der Waals surface area contributed by atoms with Crippen molar-refractivity contribution < 1.29 is 14.6 Å². The number of ketones is 1. The van der Waals surface area contributed by atoms with E-state index in [0.717, 1.165) is 5.56 Å². The standard InChI is InChI=1S/C15H14O3/c1-10-9-11(16)7-8-12(10)15(17)13-5-3-4-6-14(13)18-2/h3-9,16H,1-2H3. The van der Waals surface area contributed by atoms with Crippen LogP contribution < -0.4 is 4.74 Å². The quantitative estimate of drug-likeness (QED) is 0.842. The molecule has 0 amide bonds. The van der Waals surface area contributed by atoms with Crippen LogP contribution in [0.5, 0.6) is 11.5 Å². The number of carbonyl (C=O) groups excluding carboxylic acids is 1. The number of benzene rings is 2. The van der Waals surface area contributed by atoms with Gasteiger partial charge in [-0.15, -0.1) is 0 Å². The Balaban J connectivity index is 2.48. The SMILES string of the molecule is COc1ccccc1C(=O)c1ccc(O)cc1C. The lowest BCUT2D eigenvalue weighted by atomic mass is 9.98. The van der Waals surface area contributed by atoms with E-state index in [4.69, 9.17) is 4.74 Å². The number of methoxy groups -OCH3 is 1. The number of hydrogen-bond donors (Lipinski definition) is 1. The van der Waals surface area contributed by atoms with Gasteiger partial charge in [-0.25, -0.2) is 0 Å². The Bertz CT molecular complexity index is 588. The first-order chi connectivity index (χ1) is 8.63. The molecule has 0 aliphatic heterocycles. The highest BCUT2D eigenvalue weighted by atomic mass is 16.5. The summed E-state index contributed by atoms with van der Waals surface area (Å²) in [7, 11) is 1.54. The largest absolute Gasteiger partial charge is 0.508 e. The molecule has 0 aliphatic carbocycles. The highest BCUT2D eigenvalue weighted by molar-refractivity contribution is 6.11. The number of para-hydroxylation sites is 1. The summed E-state index contributed by atoms with van der Waals surface area (Å²) in [6.07, 6.45) is 0. The maximum Gasteiger partial charge on any atom is 0.197 e. The van der Waals surface area contributed by atoms with Crippen molar-refractivity contribution in [3.63, 3.8) is 0 Å². The fourth-order valence-electron chi connectivity index (χ4n) is 1.88. The zero-order chi connectivity index (χ0) is 13.1. The van der Waals surface area contributed by atoms with Gasteiger partial charge >= 0.3 is 0 Å². The number of ether oxygens (including phenoxy) is 1. The first kappa shape index (κ1) is 12.2. The van der Waals surface area contributed by atoms with E-state index in [9.17, 15) is 9.90 Å². The highest BCUT2D eigenvalue weighted by Crippen LogP contribution is 2.24. The first-order valence-electron chi connectivity index (χ1n) is 5.61. The van der Waals surface area contributed by atoms with Crippen LogP contribution in [-0.4, -0.2) is 18.0 Å². The third-order valence-electron chi connectivity index (χ3n) is 2.81. The van der Waals surface area contributed by atoms with Crippen molar-refractivity contribution in [3.05, 3.63) is 59.2 Å². The molecule has 0 bridgehead atoms. The van der Waals surface area contributed by atoms with E-state index in [1.165, 1.54) is 13.2 Å². The van der Waals surface area contributed by atoms with Gasteiger partial charge in [0.15, 0.2) is 5.78 Å². The Kier molecular flexibility index (Phi) is 3.33. The number of phenolic OH excluding ortho intramolecular Hbond substituents is 1. The Labute approximate surface area is 106 Å². The van der Waals surface area contributed by atoms with E-state index in [1.54, 1.807) is 37.3 Å². The summed E-state index contributed by atoms with van der Waals surface area (Å²) in [4.78, 5) is 12.4. The van der Waals surface area contributed by atoms with Crippen molar-refractivity contribution in [1.29, 1.82) is 0 Å². The Morgan fingerprint density at radius 1 is 1.11 bits per heavy atom. The van der Waals surface area contributed by atoms with Crippen molar-refractivity contribution in [2.24, 2.45) is 0 Å². The van der Waals surface area contributed by atoms with Crippen LogP contribution in [0.3, 0.4) is 0 Å². The second-order valence-corrected chi connectivity index (χ2v) is 4.03. The molecule has 2 aromatic carbocycles. The average Bonchev–Trinajstić information content (AvgIpc) is 2.38. The maximum absolute atomic E-state index is 12.4. The third-order valence-corrected chi connectivity index (χ3v) is 2.81. The molecule has 3 nitrogen and oxygen atoms in total. The van der Waals surface area contributed by atoms with Gasteiger partial charge in [-0.2, -0.15) is 0 Å². The molecule has 0 aromatic heterocycles. The molecule has 0 heterocycles. The fourth-order valence-corrected chi connectivity index (χ4v) is 1.88. The predicted molar refractivity (Wildman–Crippen MR) is 69.3 cm³/mol. The summed E-state index contributed by atoms with van der Waals surface area (Å²) in [6.45, 7) is 1.79. The van der Waals surface area contributed by atoms with E-state index in [-0.39, 0.29) is 11.5 Å². The molecule has 2 aromatic rings. The molecule has 2 rings (SSSR count). The predicted octanol–water partition coefficient (Wildman–Crippen LogP) is 2.94. The monoisotopic (exact) mass is 242 g/mol. The van der Waals surface area contributed by atoms with Crippen LogP contribution in [0.4, 0.5) is 0 Å². The molecular formula is C15H14O3. The van der Waals surface area contributed by atoms with Crippen LogP contribution in [0.15, 0.2) is 42.5 Å². The molecule has 18 heavy (non-hydrogen) atoms. The van der Waals surface area contributed by atoms with E-state index < -0.39 is 0 Å². The molecule has 0 unspecified atom stereocenters. The molecule has 0 spiro atoms.